The zero-order valence-electron chi connectivity index (χ0n) is 27.4. The molecular formula is C33H49ClF3NO3Si2. The van der Waals surface area contributed by atoms with E-state index in [1.54, 1.807) is 6.07 Å². The van der Waals surface area contributed by atoms with Crippen LogP contribution in [0.1, 0.15) is 69.3 Å². The van der Waals surface area contributed by atoms with Crippen molar-refractivity contribution in [2.75, 3.05) is 6.61 Å². The van der Waals surface area contributed by atoms with Crippen molar-refractivity contribution in [2.24, 2.45) is 0 Å². The third-order valence-electron chi connectivity index (χ3n) is 9.02. The summed E-state index contributed by atoms with van der Waals surface area (Å²) in [5, 5.41) is 0.194. The molecular weight excluding hydrogens is 607 g/mol. The molecule has 0 radical (unpaired) electrons. The molecule has 0 saturated carbocycles. The van der Waals surface area contributed by atoms with Gasteiger partial charge in [0, 0.05) is 10.6 Å². The number of halogens is 4. The van der Waals surface area contributed by atoms with Crippen LogP contribution in [0.5, 0.6) is 0 Å². The van der Waals surface area contributed by atoms with E-state index in [0.29, 0.717) is 19.4 Å². The monoisotopic (exact) mass is 655 g/mol. The Hall–Kier alpha value is -1.66. The van der Waals surface area contributed by atoms with E-state index in [2.05, 4.69) is 33.9 Å². The summed E-state index contributed by atoms with van der Waals surface area (Å²) in [6.07, 6.45) is -1.65. The molecule has 1 aliphatic rings. The van der Waals surface area contributed by atoms with Gasteiger partial charge >= 0.3 is 0 Å². The number of benzene rings is 2. The SMILES string of the molecule is C[C@H]1c2cccc(CCC(C)(O[Si](C)(C)C)C(F)F)c2C[C@H](CO[Si](C)(C)C(C)(C)C)N1C(=O)Cc1c(F)cccc1Cl. The fourth-order valence-electron chi connectivity index (χ4n) is 5.64. The van der Waals surface area contributed by atoms with Crippen LogP contribution < -0.4 is 0 Å². The molecule has 3 atom stereocenters. The van der Waals surface area contributed by atoms with Crippen molar-refractivity contribution in [2.45, 2.75) is 122 Å². The molecule has 2 aromatic carbocycles. The van der Waals surface area contributed by atoms with Crippen LogP contribution in [0.15, 0.2) is 36.4 Å². The molecule has 240 valence electrons. The van der Waals surface area contributed by atoms with Gasteiger partial charge in [-0.1, -0.05) is 56.6 Å². The van der Waals surface area contributed by atoms with Gasteiger partial charge < -0.3 is 13.8 Å². The summed E-state index contributed by atoms with van der Waals surface area (Å²) in [5.74, 6) is -0.738. The molecule has 1 aliphatic heterocycles. The molecule has 0 aliphatic carbocycles. The molecule has 0 bridgehead atoms. The van der Waals surface area contributed by atoms with E-state index < -0.39 is 34.5 Å². The van der Waals surface area contributed by atoms with Crippen LogP contribution in [0.25, 0.3) is 0 Å². The largest absolute Gasteiger partial charge is 0.415 e. The topological polar surface area (TPSA) is 38.8 Å². The number of nitrogens with zero attached hydrogens (tertiary/aromatic N) is 1. The van der Waals surface area contributed by atoms with Crippen molar-refractivity contribution < 1.29 is 26.8 Å². The molecule has 3 rings (SSSR count). The molecule has 0 saturated heterocycles. The van der Waals surface area contributed by atoms with Crippen molar-refractivity contribution >= 4 is 34.1 Å². The third-order valence-corrected chi connectivity index (χ3v) is 15.0. The summed E-state index contributed by atoms with van der Waals surface area (Å²) in [5.41, 5.74) is 1.66. The Morgan fingerprint density at radius 1 is 1.07 bits per heavy atom. The lowest BCUT2D eigenvalue weighted by Crippen LogP contribution is -2.52. The average Bonchev–Trinajstić information content (AvgIpc) is 2.86. The fourth-order valence-corrected chi connectivity index (χ4v) is 8.50. The molecule has 0 spiro atoms. The van der Waals surface area contributed by atoms with Crippen LogP contribution >= 0.6 is 11.6 Å². The maximum atomic E-state index is 14.7. The molecule has 2 aromatic rings. The molecule has 0 N–H and O–H groups in total. The highest BCUT2D eigenvalue weighted by Gasteiger charge is 2.43. The zero-order valence-corrected chi connectivity index (χ0v) is 30.2. The summed E-state index contributed by atoms with van der Waals surface area (Å²) in [4.78, 5) is 15.8. The minimum atomic E-state index is -2.61. The molecule has 10 heteroatoms. The Balaban J connectivity index is 1.99. The second kappa shape index (κ2) is 13.4. The highest BCUT2D eigenvalue weighted by molar-refractivity contribution is 6.74. The molecule has 4 nitrogen and oxygen atoms in total. The van der Waals surface area contributed by atoms with Gasteiger partial charge in [-0.3, -0.25) is 4.79 Å². The number of carbonyl (C=O) groups is 1. The maximum absolute atomic E-state index is 14.7. The van der Waals surface area contributed by atoms with Gasteiger partial charge in [-0.2, -0.15) is 0 Å². The van der Waals surface area contributed by atoms with Gasteiger partial charge in [0.25, 0.3) is 6.43 Å². The summed E-state index contributed by atoms with van der Waals surface area (Å²) in [6.45, 7) is 20.4. The summed E-state index contributed by atoms with van der Waals surface area (Å²) < 4.78 is 55.9. The van der Waals surface area contributed by atoms with Crippen molar-refractivity contribution in [3.63, 3.8) is 0 Å². The first kappa shape index (κ1) is 35.8. The van der Waals surface area contributed by atoms with Gasteiger partial charge in [-0.15, -0.1) is 0 Å². The predicted molar refractivity (Wildman–Crippen MR) is 175 cm³/mol. The minimum Gasteiger partial charge on any atom is -0.415 e. The first-order valence-electron chi connectivity index (χ1n) is 15.1. The second-order valence-corrected chi connectivity index (χ2v) is 24.2. The Morgan fingerprint density at radius 2 is 1.70 bits per heavy atom. The number of carbonyl (C=O) groups excluding carboxylic acids is 1. The van der Waals surface area contributed by atoms with Crippen LogP contribution in [0.2, 0.25) is 42.8 Å². The molecule has 1 unspecified atom stereocenters. The number of amides is 1. The van der Waals surface area contributed by atoms with Gasteiger partial charge in [0.2, 0.25) is 5.91 Å². The van der Waals surface area contributed by atoms with Crippen molar-refractivity contribution in [1.29, 1.82) is 0 Å². The van der Waals surface area contributed by atoms with E-state index in [1.165, 1.54) is 19.1 Å². The van der Waals surface area contributed by atoms with Gasteiger partial charge in [0.1, 0.15) is 11.4 Å². The molecule has 1 heterocycles. The first-order valence-corrected chi connectivity index (χ1v) is 21.8. The Bertz CT molecular complexity index is 1270. The highest BCUT2D eigenvalue weighted by Crippen LogP contribution is 2.40. The van der Waals surface area contributed by atoms with E-state index >= 15 is 0 Å². The van der Waals surface area contributed by atoms with Crippen LogP contribution in [0.3, 0.4) is 0 Å². The van der Waals surface area contributed by atoms with Crippen molar-refractivity contribution in [3.05, 3.63) is 69.5 Å². The van der Waals surface area contributed by atoms with E-state index in [1.807, 2.05) is 49.7 Å². The summed E-state index contributed by atoms with van der Waals surface area (Å²) in [6, 6.07) is 9.70. The lowest BCUT2D eigenvalue weighted by molar-refractivity contribution is -0.137. The number of hydrogen-bond donors (Lipinski definition) is 0. The van der Waals surface area contributed by atoms with Crippen LogP contribution in [0, 0.1) is 5.82 Å². The van der Waals surface area contributed by atoms with Crippen LogP contribution in [0.4, 0.5) is 13.2 Å². The van der Waals surface area contributed by atoms with Gasteiger partial charge in [0.15, 0.2) is 16.6 Å². The van der Waals surface area contributed by atoms with Crippen molar-refractivity contribution in [1.82, 2.24) is 4.90 Å². The number of fused-ring (bicyclic) bond motifs is 1. The van der Waals surface area contributed by atoms with E-state index in [4.69, 9.17) is 20.5 Å². The quantitative estimate of drug-likeness (QED) is 0.227. The van der Waals surface area contributed by atoms with E-state index in [9.17, 15) is 18.0 Å². The highest BCUT2D eigenvalue weighted by atomic mass is 35.5. The lowest BCUT2D eigenvalue weighted by atomic mass is 9.83. The molecule has 0 fully saturated rings. The molecule has 1 amide bonds. The summed E-state index contributed by atoms with van der Waals surface area (Å²) in [7, 11) is -4.39. The third kappa shape index (κ3) is 8.54. The van der Waals surface area contributed by atoms with E-state index in [0.717, 1.165) is 16.7 Å². The van der Waals surface area contributed by atoms with Crippen LogP contribution in [-0.2, 0) is 32.9 Å². The zero-order chi connectivity index (χ0) is 32.5. The minimum absolute atomic E-state index is 0.0258. The van der Waals surface area contributed by atoms with Gasteiger partial charge in [-0.25, -0.2) is 13.2 Å². The van der Waals surface area contributed by atoms with Gasteiger partial charge in [0.05, 0.1) is 25.1 Å². The number of alkyl halides is 2. The molecule has 43 heavy (non-hydrogen) atoms. The predicted octanol–water partition coefficient (Wildman–Crippen LogP) is 9.37. The lowest BCUT2D eigenvalue weighted by Gasteiger charge is -2.45. The number of rotatable bonds is 11. The fraction of sp³-hybridized carbons (Fsp3) is 0.606. The number of aryl methyl sites for hydroxylation is 1. The maximum Gasteiger partial charge on any atom is 0.265 e. The Labute approximate surface area is 263 Å². The van der Waals surface area contributed by atoms with Crippen LogP contribution in [-0.4, -0.2) is 52.1 Å². The van der Waals surface area contributed by atoms with E-state index in [-0.39, 0.29) is 46.5 Å². The number of hydrogen-bond acceptors (Lipinski definition) is 3. The van der Waals surface area contributed by atoms with Crippen molar-refractivity contribution in [3.8, 4) is 0 Å². The average molecular weight is 656 g/mol. The Morgan fingerprint density at radius 3 is 2.26 bits per heavy atom. The first-order chi connectivity index (χ1) is 19.7. The second-order valence-electron chi connectivity index (χ2n) is 14.6. The van der Waals surface area contributed by atoms with Gasteiger partial charge in [-0.05, 0) is 99.7 Å². The molecule has 0 aromatic heterocycles. The smallest absolute Gasteiger partial charge is 0.265 e. The standard InChI is InChI=1S/C33H49ClF3NO3Si2/c1-22-25-14-11-13-23(17-18-33(5,31(36)37)41-42(6,7)8)26(25)19-24(21-40-43(9,10)32(2,3)4)38(22)30(39)20-27-28(34)15-12-16-29(27)35/h11-16,22,24,31H,17-21H2,1-10H3/t22-,24+,33?/m0/s1. The summed E-state index contributed by atoms with van der Waals surface area (Å²) >= 11 is 6.30. The normalized spacial score (nSPS) is 19.4. The Kier molecular flexibility index (Phi) is 11.1.